The summed E-state index contributed by atoms with van der Waals surface area (Å²) < 4.78 is 28.8. The fourth-order valence-corrected chi connectivity index (χ4v) is 5.78. The van der Waals surface area contributed by atoms with E-state index in [1.54, 1.807) is 36.4 Å². The van der Waals surface area contributed by atoms with Gasteiger partial charge in [-0.2, -0.15) is 0 Å². The van der Waals surface area contributed by atoms with Crippen molar-refractivity contribution in [3.05, 3.63) is 94.5 Å². The lowest BCUT2D eigenvalue weighted by Gasteiger charge is -2.34. The van der Waals surface area contributed by atoms with E-state index in [0.29, 0.717) is 17.1 Å². The lowest BCUT2D eigenvalue weighted by Crippen LogP contribution is -2.53. The largest absolute Gasteiger partial charge is 0.352 e. The van der Waals surface area contributed by atoms with Crippen LogP contribution in [0.3, 0.4) is 0 Å². The molecule has 1 N–H and O–H groups in total. The summed E-state index contributed by atoms with van der Waals surface area (Å²) in [5, 5.41) is 3.34. The molecule has 9 heteroatoms. The van der Waals surface area contributed by atoms with Crippen LogP contribution in [-0.2, 0) is 26.2 Å². The summed E-state index contributed by atoms with van der Waals surface area (Å²) in [5.41, 5.74) is 3.05. The molecule has 0 aromatic heterocycles. The van der Waals surface area contributed by atoms with Crippen molar-refractivity contribution in [3.63, 3.8) is 0 Å². The third-order valence-corrected chi connectivity index (χ3v) is 8.46. The molecule has 1 atom stereocenters. The fourth-order valence-electron chi connectivity index (χ4n) is 4.24. The SMILES string of the molecule is CC[C@H](C(=O)NC(C)C)N(Cc1ccccc1C)C(=O)CN(c1ccc(Cl)cc1)S(=O)(=O)c1ccc(C)cc1. The van der Waals surface area contributed by atoms with E-state index in [0.717, 1.165) is 21.0 Å². The summed E-state index contributed by atoms with van der Waals surface area (Å²) in [7, 11) is -4.12. The Morgan fingerprint density at radius 3 is 2.10 bits per heavy atom. The van der Waals surface area contributed by atoms with Crippen molar-refractivity contribution in [2.24, 2.45) is 0 Å². The zero-order valence-corrected chi connectivity index (χ0v) is 24.6. The highest BCUT2D eigenvalue weighted by atomic mass is 35.5. The number of anilines is 1. The average Bonchev–Trinajstić information content (AvgIpc) is 2.88. The lowest BCUT2D eigenvalue weighted by molar-refractivity contribution is -0.140. The zero-order valence-electron chi connectivity index (χ0n) is 23.0. The van der Waals surface area contributed by atoms with Gasteiger partial charge in [0, 0.05) is 17.6 Å². The third-order valence-electron chi connectivity index (χ3n) is 6.42. The van der Waals surface area contributed by atoms with Gasteiger partial charge >= 0.3 is 0 Å². The molecule has 0 unspecified atom stereocenters. The Morgan fingerprint density at radius 2 is 1.54 bits per heavy atom. The number of benzene rings is 3. The van der Waals surface area contributed by atoms with E-state index in [2.05, 4.69) is 5.32 Å². The molecule has 0 fully saturated rings. The van der Waals surface area contributed by atoms with Crippen molar-refractivity contribution in [2.75, 3.05) is 10.8 Å². The topological polar surface area (TPSA) is 86.8 Å². The van der Waals surface area contributed by atoms with E-state index in [1.165, 1.54) is 17.0 Å². The van der Waals surface area contributed by atoms with Gasteiger partial charge in [-0.05, 0) is 81.6 Å². The highest BCUT2D eigenvalue weighted by Crippen LogP contribution is 2.26. The lowest BCUT2D eigenvalue weighted by atomic mass is 10.1. The van der Waals surface area contributed by atoms with Crippen LogP contribution in [0.2, 0.25) is 5.02 Å². The first-order valence-corrected chi connectivity index (χ1v) is 14.7. The second kappa shape index (κ2) is 13.1. The molecule has 0 heterocycles. The molecule has 0 radical (unpaired) electrons. The Hall–Kier alpha value is -3.36. The van der Waals surface area contributed by atoms with Gasteiger partial charge in [-0.25, -0.2) is 8.42 Å². The molecule has 208 valence electrons. The Bertz CT molecular complexity index is 1390. The number of rotatable bonds is 11. The summed E-state index contributed by atoms with van der Waals surface area (Å²) in [4.78, 5) is 28.8. The molecule has 0 aliphatic heterocycles. The monoisotopic (exact) mass is 569 g/mol. The summed E-state index contributed by atoms with van der Waals surface area (Å²) in [6.07, 6.45) is 0.363. The van der Waals surface area contributed by atoms with E-state index in [1.807, 2.05) is 58.9 Å². The predicted molar refractivity (Wildman–Crippen MR) is 156 cm³/mol. The normalized spacial score (nSPS) is 12.2. The number of nitrogens with one attached hydrogen (secondary N) is 1. The van der Waals surface area contributed by atoms with Crippen LogP contribution in [0.4, 0.5) is 5.69 Å². The zero-order chi connectivity index (χ0) is 28.7. The first kappa shape index (κ1) is 30.2. The first-order valence-electron chi connectivity index (χ1n) is 12.9. The summed E-state index contributed by atoms with van der Waals surface area (Å²) in [6.45, 7) is 9.03. The Balaban J connectivity index is 2.07. The smallest absolute Gasteiger partial charge is 0.264 e. The van der Waals surface area contributed by atoms with Gasteiger partial charge in [-0.15, -0.1) is 0 Å². The number of aryl methyl sites for hydroxylation is 2. The molecule has 7 nitrogen and oxygen atoms in total. The summed E-state index contributed by atoms with van der Waals surface area (Å²) in [6, 6.07) is 19.5. The van der Waals surface area contributed by atoms with Gasteiger partial charge in [0.15, 0.2) is 0 Å². The molecule has 0 aliphatic rings. The molecule has 0 saturated carbocycles. The molecular weight excluding hydrogens is 534 g/mol. The molecular formula is C30H36ClN3O4S. The van der Waals surface area contributed by atoms with E-state index in [-0.39, 0.29) is 23.4 Å². The summed E-state index contributed by atoms with van der Waals surface area (Å²) in [5.74, 6) is -0.775. The molecule has 0 spiro atoms. The van der Waals surface area contributed by atoms with E-state index >= 15 is 0 Å². The third kappa shape index (κ3) is 7.61. The average molecular weight is 570 g/mol. The summed E-state index contributed by atoms with van der Waals surface area (Å²) >= 11 is 6.08. The van der Waals surface area contributed by atoms with E-state index in [9.17, 15) is 18.0 Å². The second-order valence-corrected chi connectivity index (χ2v) is 12.1. The van der Waals surface area contributed by atoms with Gasteiger partial charge in [0.2, 0.25) is 11.8 Å². The number of hydrogen-bond acceptors (Lipinski definition) is 4. The minimum absolute atomic E-state index is 0.0610. The van der Waals surface area contributed by atoms with Gasteiger partial charge in [0.25, 0.3) is 10.0 Å². The van der Waals surface area contributed by atoms with Crippen molar-refractivity contribution in [1.82, 2.24) is 10.2 Å². The fraction of sp³-hybridized carbons (Fsp3) is 0.333. The maximum atomic E-state index is 14.0. The number of halogens is 1. The highest BCUT2D eigenvalue weighted by Gasteiger charge is 2.34. The van der Waals surface area contributed by atoms with Gasteiger partial charge in [-0.1, -0.05) is 60.5 Å². The molecule has 0 bridgehead atoms. The van der Waals surface area contributed by atoms with E-state index < -0.39 is 28.5 Å². The van der Waals surface area contributed by atoms with Crippen LogP contribution in [0.5, 0.6) is 0 Å². The van der Waals surface area contributed by atoms with Crippen molar-refractivity contribution in [3.8, 4) is 0 Å². The van der Waals surface area contributed by atoms with Gasteiger partial charge in [-0.3, -0.25) is 13.9 Å². The number of carbonyl (C=O) groups is 2. The number of carbonyl (C=O) groups excluding carboxylic acids is 2. The van der Waals surface area contributed by atoms with Crippen LogP contribution >= 0.6 is 11.6 Å². The Kier molecular flexibility index (Phi) is 10.2. The van der Waals surface area contributed by atoms with Gasteiger partial charge < -0.3 is 10.2 Å². The van der Waals surface area contributed by atoms with Crippen LogP contribution in [-0.4, -0.2) is 43.8 Å². The standard InChI is InChI=1S/C30H36ClN3O4S/c1-6-28(30(36)32-21(2)3)33(19-24-10-8-7-9-23(24)5)29(35)20-34(26-15-13-25(31)14-16-26)39(37,38)27-17-11-22(4)12-18-27/h7-18,21,28H,6,19-20H2,1-5H3,(H,32,36)/t28-/m1/s1. The Labute approximate surface area is 236 Å². The highest BCUT2D eigenvalue weighted by molar-refractivity contribution is 7.92. The predicted octanol–water partition coefficient (Wildman–Crippen LogP) is 5.48. The molecule has 0 saturated heterocycles. The minimum atomic E-state index is -4.12. The maximum Gasteiger partial charge on any atom is 0.264 e. The van der Waals surface area contributed by atoms with Crippen molar-refractivity contribution >= 4 is 39.1 Å². The molecule has 3 rings (SSSR count). The van der Waals surface area contributed by atoms with Crippen LogP contribution in [0.25, 0.3) is 0 Å². The van der Waals surface area contributed by atoms with Gasteiger partial charge in [0.1, 0.15) is 12.6 Å². The van der Waals surface area contributed by atoms with Crippen LogP contribution in [0.15, 0.2) is 77.7 Å². The molecule has 3 aromatic rings. The minimum Gasteiger partial charge on any atom is -0.352 e. The second-order valence-electron chi connectivity index (χ2n) is 9.84. The molecule has 2 amide bonds. The van der Waals surface area contributed by atoms with Crippen LogP contribution in [0.1, 0.15) is 43.9 Å². The van der Waals surface area contributed by atoms with Crippen molar-refractivity contribution < 1.29 is 18.0 Å². The maximum absolute atomic E-state index is 14.0. The van der Waals surface area contributed by atoms with Crippen LogP contribution in [0, 0.1) is 13.8 Å². The van der Waals surface area contributed by atoms with Crippen LogP contribution < -0.4 is 9.62 Å². The van der Waals surface area contributed by atoms with E-state index in [4.69, 9.17) is 11.6 Å². The van der Waals surface area contributed by atoms with Crippen molar-refractivity contribution in [1.29, 1.82) is 0 Å². The quantitative estimate of drug-likeness (QED) is 0.331. The number of sulfonamides is 1. The first-order chi connectivity index (χ1) is 18.4. The number of amides is 2. The molecule has 0 aliphatic carbocycles. The van der Waals surface area contributed by atoms with Gasteiger partial charge in [0.05, 0.1) is 10.6 Å². The number of hydrogen-bond donors (Lipinski definition) is 1. The van der Waals surface area contributed by atoms with Crippen molar-refractivity contribution in [2.45, 2.75) is 64.6 Å². The number of nitrogens with zero attached hydrogens (tertiary/aromatic N) is 2. The Morgan fingerprint density at radius 1 is 0.923 bits per heavy atom. The molecule has 3 aromatic carbocycles. The molecule has 39 heavy (non-hydrogen) atoms.